The van der Waals surface area contributed by atoms with E-state index in [1.807, 2.05) is 18.2 Å². The Morgan fingerprint density at radius 3 is 2.50 bits per heavy atom. The first-order valence-electron chi connectivity index (χ1n) is 8.24. The Balaban J connectivity index is 2.24. The molecule has 0 fully saturated rings. The average molecular weight is 364 g/mol. The van der Waals surface area contributed by atoms with E-state index in [1.54, 1.807) is 12.1 Å². The van der Waals surface area contributed by atoms with Crippen molar-refractivity contribution < 1.29 is 29.0 Å². The first-order chi connectivity index (χ1) is 12.5. The molecule has 1 unspecified atom stereocenters. The Kier molecular flexibility index (Phi) is 9.98. The van der Waals surface area contributed by atoms with Gasteiger partial charge in [0.05, 0.1) is 0 Å². The van der Waals surface area contributed by atoms with E-state index in [4.69, 9.17) is 9.47 Å². The molecule has 1 aromatic carbocycles. The van der Waals surface area contributed by atoms with Crippen LogP contribution in [-0.4, -0.2) is 42.5 Å². The number of carboxylic acid groups (broad SMARTS) is 1. The third-order valence-electron chi connectivity index (χ3n) is 3.32. The zero-order valence-electron chi connectivity index (χ0n) is 14.5. The number of hydrogen-bond acceptors (Lipinski definition) is 5. The van der Waals surface area contributed by atoms with Gasteiger partial charge < -0.3 is 25.2 Å². The quantitative estimate of drug-likeness (QED) is 0.410. The van der Waals surface area contributed by atoms with E-state index in [9.17, 15) is 19.5 Å². The van der Waals surface area contributed by atoms with Gasteiger partial charge in [-0.2, -0.15) is 0 Å². The summed E-state index contributed by atoms with van der Waals surface area (Å²) < 4.78 is 9.75. The van der Waals surface area contributed by atoms with Gasteiger partial charge in [0.2, 0.25) is 0 Å². The SMILES string of the molecule is C=CCOC(=O)NCCCCC(NC(=O)OCc1ccccc1)C(=O)O. The number of benzene rings is 1. The maximum Gasteiger partial charge on any atom is 0.408 e. The molecule has 0 aromatic heterocycles. The van der Waals surface area contributed by atoms with Crippen LogP contribution in [-0.2, 0) is 20.9 Å². The number of carbonyl (C=O) groups excluding carboxylic acids is 2. The number of nitrogens with one attached hydrogen (secondary N) is 2. The molecule has 0 saturated heterocycles. The van der Waals surface area contributed by atoms with Crippen molar-refractivity contribution in [1.82, 2.24) is 10.6 Å². The summed E-state index contributed by atoms with van der Waals surface area (Å²) in [5, 5.41) is 14.0. The number of aliphatic carboxylic acids is 1. The molecule has 0 aliphatic heterocycles. The van der Waals surface area contributed by atoms with Crippen LogP contribution >= 0.6 is 0 Å². The normalized spacial score (nSPS) is 11.1. The van der Waals surface area contributed by atoms with E-state index >= 15 is 0 Å². The van der Waals surface area contributed by atoms with Crippen LogP contribution in [0.2, 0.25) is 0 Å². The summed E-state index contributed by atoms with van der Waals surface area (Å²) in [7, 11) is 0. The number of hydrogen-bond donors (Lipinski definition) is 3. The van der Waals surface area contributed by atoms with Gasteiger partial charge >= 0.3 is 18.2 Å². The van der Waals surface area contributed by atoms with Crippen LogP contribution in [0.4, 0.5) is 9.59 Å². The molecule has 0 saturated carbocycles. The maximum atomic E-state index is 11.7. The van der Waals surface area contributed by atoms with Crippen molar-refractivity contribution >= 4 is 18.2 Å². The van der Waals surface area contributed by atoms with Gasteiger partial charge in [-0.3, -0.25) is 0 Å². The summed E-state index contributed by atoms with van der Waals surface area (Å²) in [4.78, 5) is 34.2. The third-order valence-corrected chi connectivity index (χ3v) is 3.32. The van der Waals surface area contributed by atoms with Crippen molar-refractivity contribution in [3.8, 4) is 0 Å². The van der Waals surface area contributed by atoms with Crippen LogP contribution in [0.1, 0.15) is 24.8 Å². The van der Waals surface area contributed by atoms with Crippen molar-refractivity contribution in [2.24, 2.45) is 0 Å². The van der Waals surface area contributed by atoms with Gasteiger partial charge in [-0.05, 0) is 24.8 Å². The van der Waals surface area contributed by atoms with Gasteiger partial charge in [0, 0.05) is 6.54 Å². The molecular weight excluding hydrogens is 340 g/mol. The molecule has 0 aliphatic rings. The molecule has 0 heterocycles. The number of carboxylic acids is 1. The molecular formula is C18H24N2O6. The Hall–Kier alpha value is -3.03. The van der Waals surface area contributed by atoms with Crippen molar-refractivity contribution in [3.63, 3.8) is 0 Å². The van der Waals surface area contributed by atoms with Crippen LogP contribution in [0.25, 0.3) is 0 Å². The predicted molar refractivity (Wildman–Crippen MR) is 94.6 cm³/mol. The second kappa shape index (κ2) is 12.3. The molecule has 142 valence electrons. The molecule has 1 aromatic rings. The Labute approximate surface area is 152 Å². The van der Waals surface area contributed by atoms with Crippen LogP contribution in [0.15, 0.2) is 43.0 Å². The fraction of sp³-hybridized carbons (Fsp3) is 0.389. The molecule has 1 atom stereocenters. The van der Waals surface area contributed by atoms with E-state index in [2.05, 4.69) is 17.2 Å². The fourth-order valence-corrected chi connectivity index (χ4v) is 2.01. The molecule has 0 radical (unpaired) electrons. The largest absolute Gasteiger partial charge is 0.480 e. The first-order valence-corrected chi connectivity index (χ1v) is 8.24. The summed E-state index contributed by atoms with van der Waals surface area (Å²) >= 11 is 0. The van der Waals surface area contributed by atoms with Crippen LogP contribution in [0.3, 0.4) is 0 Å². The molecule has 2 amide bonds. The summed E-state index contributed by atoms with van der Waals surface area (Å²) in [5.41, 5.74) is 0.809. The average Bonchev–Trinajstić information content (AvgIpc) is 2.64. The van der Waals surface area contributed by atoms with Crippen molar-refractivity contribution in [2.75, 3.05) is 13.2 Å². The standard InChI is InChI=1S/C18H24N2O6/c1-2-12-25-17(23)19-11-7-6-10-15(16(21)22)20-18(24)26-13-14-8-4-3-5-9-14/h2-5,8-9,15H,1,6-7,10-13H2,(H,19,23)(H,20,24)(H,21,22). The van der Waals surface area contributed by atoms with Gasteiger partial charge in [0.15, 0.2) is 0 Å². The lowest BCUT2D eigenvalue weighted by Crippen LogP contribution is -2.41. The van der Waals surface area contributed by atoms with Gasteiger partial charge in [0.25, 0.3) is 0 Å². The monoisotopic (exact) mass is 364 g/mol. The van der Waals surface area contributed by atoms with E-state index in [0.29, 0.717) is 19.4 Å². The minimum Gasteiger partial charge on any atom is -0.480 e. The molecule has 3 N–H and O–H groups in total. The van der Waals surface area contributed by atoms with Gasteiger partial charge in [-0.25, -0.2) is 14.4 Å². The Bertz CT molecular complexity index is 591. The fourth-order valence-electron chi connectivity index (χ4n) is 2.01. The van der Waals surface area contributed by atoms with Gasteiger partial charge in [-0.1, -0.05) is 43.0 Å². The minimum atomic E-state index is -1.14. The minimum absolute atomic E-state index is 0.0652. The summed E-state index contributed by atoms with van der Waals surface area (Å²) in [5.74, 6) is -1.14. The predicted octanol–water partition coefficient (Wildman–Crippen LogP) is 2.45. The molecule has 1 rings (SSSR count). The van der Waals surface area contributed by atoms with Gasteiger partial charge in [-0.15, -0.1) is 0 Å². The maximum absolute atomic E-state index is 11.7. The van der Waals surface area contributed by atoms with Gasteiger partial charge in [0.1, 0.15) is 19.3 Å². The number of amides is 2. The topological polar surface area (TPSA) is 114 Å². The smallest absolute Gasteiger partial charge is 0.408 e. The van der Waals surface area contributed by atoms with Crippen molar-refractivity contribution in [1.29, 1.82) is 0 Å². The second-order valence-electron chi connectivity index (χ2n) is 5.41. The highest BCUT2D eigenvalue weighted by Gasteiger charge is 2.20. The van der Waals surface area contributed by atoms with Crippen LogP contribution in [0.5, 0.6) is 0 Å². The summed E-state index contributed by atoms with van der Waals surface area (Å²) in [6, 6.07) is 8.03. The number of ether oxygens (including phenoxy) is 2. The lowest BCUT2D eigenvalue weighted by molar-refractivity contribution is -0.139. The summed E-state index contributed by atoms with van der Waals surface area (Å²) in [6.07, 6.45) is 1.39. The molecule has 8 heteroatoms. The number of rotatable bonds is 11. The molecule has 8 nitrogen and oxygen atoms in total. The molecule has 26 heavy (non-hydrogen) atoms. The Morgan fingerprint density at radius 2 is 1.85 bits per heavy atom. The Morgan fingerprint density at radius 1 is 1.12 bits per heavy atom. The third kappa shape index (κ3) is 9.31. The van der Waals surface area contributed by atoms with E-state index < -0.39 is 24.2 Å². The van der Waals surface area contributed by atoms with Crippen molar-refractivity contribution in [2.45, 2.75) is 31.9 Å². The number of carbonyl (C=O) groups is 3. The number of alkyl carbamates (subject to hydrolysis) is 2. The van der Waals surface area contributed by atoms with Crippen molar-refractivity contribution in [3.05, 3.63) is 48.6 Å². The van der Waals surface area contributed by atoms with Crippen LogP contribution < -0.4 is 10.6 Å². The second-order valence-corrected chi connectivity index (χ2v) is 5.41. The number of unbranched alkanes of at least 4 members (excludes halogenated alkanes) is 1. The zero-order valence-corrected chi connectivity index (χ0v) is 14.5. The van der Waals surface area contributed by atoms with Crippen LogP contribution in [0, 0.1) is 0 Å². The van der Waals surface area contributed by atoms with E-state index in [1.165, 1.54) is 6.08 Å². The summed E-state index contributed by atoms with van der Waals surface area (Å²) in [6.45, 7) is 3.97. The lowest BCUT2D eigenvalue weighted by atomic mass is 10.1. The highest BCUT2D eigenvalue weighted by molar-refractivity contribution is 5.79. The van der Waals surface area contributed by atoms with E-state index in [-0.39, 0.29) is 19.6 Å². The lowest BCUT2D eigenvalue weighted by Gasteiger charge is -2.14. The molecule has 0 bridgehead atoms. The highest BCUT2D eigenvalue weighted by atomic mass is 16.6. The highest BCUT2D eigenvalue weighted by Crippen LogP contribution is 2.04. The first kappa shape index (κ1) is 21.0. The molecule has 0 aliphatic carbocycles. The van der Waals surface area contributed by atoms with E-state index in [0.717, 1.165) is 5.56 Å². The zero-order chi connectivity index (χ0) is 19.2. The molecule has 0 spiro atoms.